The molecule has 0 amide bonds. The molecule has 1 radical (unpaired) electrons. The first-order chi connectivity index (χ1) is 3.83. The van der Waals surface area contributed by atoms with Crippen molar-refractivity contribution in [2.24, 2.45) is 0 Å². The van der Waals surface area contributed by atoms with Gasteiger partial charge in [0.25, 0.3) is 0 Å². The van der Waals surface area contributed by atoms with E-state index in [1.165, 1.54) is 0 Å². The minimum absolute atomic E-state index is 1.06. The molecule has 0 fully saturated rings. The summed E-state index contributed by atoms with van der Waals surface area (Å²) in [6.45, 7) is 5.24. The maximum Gasteiger partial charge on any atom is 0.470 e. The minimum Gasteiger partial charge on any atom is -0.161 e. The Morgan fingerprint density at radius 1 is 1.38 bits per heavy atom. The third-order valence-corrected chi connectivity index (χ3v) is 1.19. The van der Waals surface area contributed by atoms with Crippen LogP contribution in [0.4, 0.5) is 0 Å². The largest absolute Gasteiger partial charge is 0.470 e. The molecule has 0 unspecified atom stereocenters. The van der Waals surface area contributed by atoms with E-state index in [1.54, 1.807) is 0 Å². The molecule has 0 aliphatic carbocycles. The number of nitrogens with zero attached hydrogens (tertiary/aromatic N) is 2. The van der Waals surface area contributed by atoms with Gasteiger partial charge in [0, 0.05) is 0 Å². The van der Waals surface area contributed by atoms with Gasteiger partial charge in [-0.25, -0.2) is 0 Å². The average Bonchev–Trinajstić information content (AvgIpc) is 2.14. The lowest BCUT2D eigenvalue weighted by molar-refractivity contribution is -0.640. The average molecular weight is 111 g/mol. The molecule has 0 aromatic rings. The summed E-state index contributed by atoms with van der Waals surface area (Å²) in [5.74, 6) is 0. The van der Waals surface area contributed by atoms with Gasteiger partial charge in [0.15, 0.2) is 0 Å². The van der Waals surface area contributed by atoms with Gasteiger partial charge in [0.05, 0.1) is 0 Å². The van der Waals surface area contributed by atoms with Crippen molar-refractivity contribution in [1.82, 2.24) is 0 Å². The minimum atomic E-state index is 1.06. The highest BCUT2D eigenvalue weighted by Gasteiger charge is 2.16. The lowest BCUT2D eigenvalue weighted by atomic mass is 10.7. The standard InChI is InChI=1S/C6H11N2/c1-3-8-5-4-7(2)6-8/h4-6H,3H2,1-2H3/q+2. The molecule has 8 heavy (non-hydrogen) atoms. The van der Waals surface area contributed by atoms with Gasteiger partial charge in [-0.05, 0) is 6.92 Å². The second-order valence-corrected chi connectivity index (χ2v) is 1.91. The fraction of sp³-hybridized carbons (Fsp3) is 0.500. The summed E-state index contributed by atoms with van der Waals surface area (Å²) >= 11 is 0. The molecule has 0 saturated carbocycles. The predicted molar refractivity (Wildman–Crippen MR) is 33.4 cm³/mol. The van der Waals surface area contributed by atoms with Crippen molar-refractivity contribution in [3.63, 3.8) is 0 Å². The molecule has 43 valence electrons. The lowest BCUT2D eigenvalue weighted by Gasteiger charge is -1.82. The summed E-state index contributed by atoms with van der Waals surface area (Å²) in [6.07, 6.45) is 4.09. The van der Waals surface area contributed by atoms with Gasteiger partial charge >= 0.3 is 6.67 Å². The van der Waals surface area contributed by atoms with Crippen molar-refractivity contribution in [3.05, 3.63) is 6.67 Å². The molecule has 1 heterocycles. The molecule has 0 aromatic heterocycles. The zero-order chi connectivity index (χ0) is 5.98. The Hall–Kier alpha value is -0.660. The summed E-state index contributed by atoms with van der Waals surface area (Å²) in [5, 5.41) is 0. The van der Waals surface area contributed by atoms with E-state index in [0.717, 1.165) is 6.54 Å². The van der Waals surface area contributed by atoms with Crippen LogP contribution in [0.15, 0.2) is 0 Å². The van der Waals surface area contributed by atoms with Crippen LogP contribution in [0.1, 0.15) is 6.92 Å². The van der Waals surface area contributed by atoms with Gasteiger partial charge in [-0.3, -0.25) is 0 Å². The molecular weight excluding hydrogens is 100 g/mol. The molecule has 1 aliphatic rings. The molecule has 2 heteroatoms. The molecule has 0 spiro atoms. The van der Waals surface area contributed by atoms with Crippen LogP contribution in [0.3, 0.4) is 0 Å². The van der Waals surface area contributed by atoms with Crippen molar-refractivity contribution < 1.29 is 9.15 Å². The summed E-state index contributed by atoms with van der Waals surface area (Å²) in [4.78, 5) is 0. The fourth-order valence-corrected chi connectivity index (χ4v) is 0.689. The Labute approximate surface area is 49.8 Å². The van der Waals surface area contributed by atoms with E-state index in [2.05, 4.69) is 24.4 Å². The highest BCUT2D eigenvalue weighted by atomic mass is 15.2. The van der Waals surface area contributed by atoms with Crippen LogP contribution in [0.25, 0.3) is 0 Å². The molecule has 1 rings (SSSR count). The van der Waals surface area contributed by atoms with Crippen LogP contribution in [-0.2, 0) is 0 Å². The van der Waals surface area contributed by atoms with Crippen LogP contribution in [-0.4, -0.2) is 35.2 Å². The summed E-state index contributed by atoms with van der Waals surface area (Å²) in [7, 11) is 2.02. The first-order valence-electron chi connectivity index (χ1n) is 2.84. The second kappa shape index (κ2) is 2.07. The third-order valence-electron chi connectivity index (χ3n) is 1.19. The van der Waals surface area contributed by atoms with Crippen LogP contribution >= 0.6 is 0 Å². The zero-order valence-corrected chi connectivity index (χ0v) is 5.33. The molecular formula is C6H11N2+2. The highest BCUT2D eigenvalue weighted by Crippen LogP contribution is 1.84. The van der Waals surface area contributed by atoms with E-state index in [9.17, 15) is 0 Å². The van der Waals surface area contributed by atoms with Crippen LogP contribution < -0.4 is 0 Å². The van der Waals surface area contributed by atoms with Crippen molar-refractivity contribution >= 4 is 12.4 Å². The zero-order valence-electron chi connectivity index (χ0n) is 5.33. The second-order valence-electron chi connectivity index (χ2n) is 1.91. The van der Waals surface area contributed by atoms with E-state index in [1.807, 2.05) is 17.8 Å². The van der Waals surface area contributed by atoms with E-state index in [0.29, 0.717) is 0 Å². The van der Waals surface area contributed by atoms with Gasteiger partial charge in [-0.1, -0.05) is 0 Å². The molecule has 0 saturated heterocycles. The van der Waals surface area contributed by atoms with Gasteiger partial charge in [-0.15, -0.1) is 0 Å². The van der Waals surface area contributed by atoms with E-state index < -0.39 is 0 Å². The van der Waals surface area contributed by atoms with E-state index in [4.69, 9.17) is 0 Å². The Kier molecular flexibility index (Phi) is 1.42. The van der Waals surface area contributed by atoms with E-state index >= 15 is 0 Å². The maximum absolute atomic E-state index is 2.12. The van der Waals surface area contributed by atoms with Gasteiger partial charge in [0.1, 0.15) is 13.6 Å². The van der Waals surface area contributed by atoms with Crippen LogP contribution in [0, 0.1) is 6.67 Å². The van der Waals surface area contributed by atoms with Crippen LogP contribution in [0.5, 0.6) is 0 Å². The summed E-state index contributed by atoms with van der Waals surface area (Å²) in [5.41, 5.74) is 0. The predicted octanol–water partition coefficient (Wildman–Crippen LogP) is -0.0644. The van der Waals surface area contributed by atoms with Gasteiger partial charge in [0.2, 0.25) is 12.4 Å². The third kappa shape index (κ3) is 0.941. The molecule has 0 atom stereocenters. The first-order valence-corrected chi connectivity index (χ1v) is 2.84. The van der Waals surface area contributed by atoms with E-state index in [-0.39, 0.29) is 0 Å². The van der Waals surface area contributed by atoms with Gasteiger partial charge < -0.3 is 0 Å². The molecule has 2 nitrogen and oxygen atoms in total. The fourth-order valence-electron chi connectivity index (χ4n) is 0.689. The SMILES string of the molecule is CC[N+]1=CC=[N+](C)[CH]1. The van der Waals surface area contributed by atoms with Crippen LogP contribution in [0.2, 0.25) is 0 Å². The van der Waals surface area contributed by atoms with Crippen molar-refractivity contribution in [1.29, 1.82) is 0 Å². The molecule has 0 aromatic carbocycles. The lowest BCUT2D eigenvalue weighted by Crippen LogP contribution is -2.08. The van der Waals surface area contributed by atoms with Crippen molar-refractivity contribution in [3.8, 4) is 0 Å². The Bertz CT molecular complexity index is 145. The van der Waals surface area contributed by atoms with Crippen molar-refractivity contribution in [2.45, 2.75) is 6.92 Å². The maximum atomic E-state index is 2.12. The quantitative estimate of drug-likeness (QED) is 0.418. The van der Waals surface area contributed by atoms with Crippen molar-refractivity contribution in [2.75, 3.05) is 13.6 Å². The molecule has 0 N–H and O–H groups in total. The monoisotopic (exact) mass is 111 g/mol. The smallest absolute Gasteiger partial charge is 0.161 e. The Balaban J connectivity index is 2.49. The molecule has 1 aliphatic heterocycles. The number of hydrogen-bond acceptors (Lipinski definition) is 0. The number of hydrogen-bond donors (Lipinski definition) is 0. The first kappa shape index (κ1) is 5.48. The Morgan fingerprint density at radius 3 is 2.38 bits per heavy atom. The normalized spacial score (nSPS) is 18.2. The Morgan fingerprint density at radius 2 is 2.12 bits per heavy atom. The highest BCUT2D eigenvalue weighted by molar-refractivity contribution is 6.11. The summed E-state index contributed by atoms with van der Waals surface area (Å²) in [6, 6.07) is 0. The summed E-state index contributed by atoms with van der Waals surface area (Å²) < 4.78 is 4.16. The topological polar surface area (TPSA) is 6.02 Å². The number of rotatable bonds is 1. The van der Waals surface area contributed by atoms with Gasteiger partial charge in [-0.2, -0.15) is 9.15 Å². The molecule has 0 bridgehead atoms.